The normalized spacial score (nSPS) is 33.6. The molecule has 5 heteroatoms. The molecule has 0 aliphatic carbocycles. The SMILES string of the molecule is N[C@@H](CO)C(=O)N1C[C@@H]2C[C@H](C1)[C@@H]1CCC[C@H](c3ccccc3)N1C2. The second-order valence-electron chi connectivity index (χ2n) is 8.02. The van der Waals surface area contributed by atoms with Crippen molar-refractivity contribution in [2.75, 3.05) is 26.2 Å². The summed E-state index contributed by atoms with van der Waals surface area (Å²) in [6.07, 6.45) is 4.94. The van der Waals surface area contributed by atoms with Crippen LogP contribution in [0.1, 0.15) is 37.3 Å². The molecule has 0 unspecified atom stereocenters. The zero-order valence-corrected chi connectivity index (χ0v) is 14.8. The predicted molar refractivity (Wildman–Crippen MR) is 96.8 cm³/mol. The lowest BCUT2D eigenvalue weighted by Crippen LogP contribution is -2.62. The van der Waals surface area contributed by atoms with Gasteiger partial charge in [0.2, 0.25) is 5.91 Å². The first kappa shape index (κ1) is 17.0. The summed E-state index contributed by atoms with van der Waals surface area (Å²) in [4.78, 5) is 17.1. The zero-order valence-electron chi connectivity index (χ0n) is 14.8. The van der Waals surface area contributed by atoms with Gasteiger partial charge in [0.15, 0.2) is 0 Å². The van der Waals surface area contributed by atoms with Gasteiger partial charge < -0.3 is 15.7 Å². The van der Waals surface area contributed by atoms with Crippen LogP contribution in [0.4, 0.5) is 0 Å². The molecule has 4 rings (SSSR count). The molecule has 3 saturated heterocycles. The van der Waals surface area contributed by atoms with Crippen LogP contribution in [0.25, 0.3) is 0 Å². The van der Waals surface area contributed by atoms with Crippen LogP contribution >= 0.6 is 0 Å². The molecule has 3 N–H and O–H groups in total. The van der Waals surface area contributed by atoms with Crippen molar-refractivity contribution in [3.05, 3.63) is 35.9 Å². The Balaban J connectivity index is 1.52. The van der Waals surface area contributed by atoms with Crippen molar-refractivity contribution in [2.45, 2.75) is 43.8 Å². The molecule has 0 spiro atoms. The fourth-order valence-corrected chi connectivity index (χ4v) is 5.33. The third-order valence-electron chi connectivity index (χ3n) is 6.40. The number of fused-ring (bicyclic) bond motifs is 4. The molecule has 5 nitrogen and oxygen atoms in total. The minimum absolute atomic E-state index is 0.0823. The maximum Gasteiger partial charge on any atom is 0.241 e. The van der Waals surface area contributed by atoms with E-state index in [1.165, 1.54) is 31.2 Å². The van der Waals surface area contributed by atoms with Gasteiger partial charge in [0.25, 0.3) is 0 Å². The van der Waals surface area contributed by atoms with Gasteiger partial charge in [-0.25, -0.2) is 0 Å². The molecule has 3 fully saturated rings. The fourth-order valence-electron chi connectivity index (χ4n) is 5.33. The van der Waals surface area contributed by atoms with Crippen molar-refractivity contribution in [1.82, 2.24) is 9.80 Å². The van der Waals surface area contributed by atoms with E-state index in [0.717, 1.165) is 19.6 Å². The second kappa shape index (κ2) is 7.06. The highest BCUT2D eigenvalue weighted by Gasteiger charge is 2.46. The molecule has 3 aliphatic rings. The Kier molecular flexibility index (Phi) is 4.80. The minimum atomic E-state index is -0.765. The van der Waals surface area contributed by atoms with Gasteiger partial charge in [0, 0.05) is 31.7 Å². The van der Waals surface area contributed by atoms with E-state index in [9.17, 15) is 9.90 Å². The van der Waals surface area contributed by atoms with Crippen LogP contribution < -0.4 is 5.73 Å². The second-order valence-corrected chi connectivity index (χ2v) is 8.02. The van der Waals surface area contributed by atoms with E-state index in [2.05, 4.69) is 35.2 Å². The summed E-state index contributed by atoms with van der Waals surface area (Å²) in [6.45, 7) is 2.38. The van der Waals surface area contributed by atoms with E-state index in [4.69, 9.17) is 5.73 Å². The fraction of sp³-hybridized carbons (Fsp3) is 0.650. The molecular weight excluding hydrogens is 314 g/mol. The molecule has 0 saturated carbocycles. The van der Waals surface area contributed by atoms with Crippen LogP contribution in [0, 0.1) is 11.8 Å². The van der Waals surface area contributed by atoms with Crippen molar-refractivity contribution < 1.29 is 9.90 Å². The number of piperidine rings is 3. The van der Waals surface area contributed by atoms with E-state index in [1.54, 1.807) is 0 Å². The molecule has 136 valence electrons. The number of rotatable bonds is 3. The Bertz CT molecular complexity index is 608. The smallest absolute Gasteiger partial charge is 0.241 e. The number of likely N-dealkylation sites (tertiary alicyclic amines) is 1. The molecule has 1 aromatic carbocycles. The van der Waals surface area contributed by atoms with Crippen molar-refractivity contribution in [3.63, 3.8) is 0 Å². The highest BCUT2D eigenvalue weighted by atomic mass is 16.3. The van der Waals surface area contributed by atoms with Gasteiger partial charge in [-0.05, 0) is 43.1 Å². The first-order valence-corrected chi connectivity index (χ1v) is 9.63. The number of benzene rings is 1. The van der Waals surface area contributed by atoms with Gasteiger partial charge in [-0.3, -0.25) is 9.69 Å². The zero-order chi connectivity index (χ0) is 17.4. The van der Waals surface area contributed by atoms with Crippen molar-refractivity contribution >= 4 is 5.91 Å². The lowest BCUT2D eigenvalue weighted by Gasteiger charge is -2.55. The largest absolute Gasteiger partial charge is 0.394 e. The Morgan fingerprint density at radius 1 is 1.20 bits per heavy atom. The molecule has 0 aromatic heterocycles. The number of amides is 1. The summed E-state index contributed by atoms with van der Waals surface area (Å²) >= 11 is 0. The van der Waals surface area contributed by atoms with Crippen LogP contribution in [-0.2, 0) is 4.79 Å². The third-order valence-corrected chi connectivity index (χ3v) is 6.40. The minimum Gasteiger partial charge on any atom is -0.394 e. The Morgan fingerprint density at radius 3 is 2.76 bits per heavy atom. The van der Waals surface area contributed by atoms with E-state index >= 15 is 0 Å². The van der Waals surface area contributed by atoms with Crippen molar-refractivity contribution in [2.24, 2.45) is 17.6 Å². The first-order chi connectivity index (χ1) is 12.2. The number of nitrogens with zero attached hydrogens (tertiary/aromatic N) is 2. The molecule has 2 bridgehead atoms. The number of aliphatic hydroxyl groups is 1. The van der Waals surface area contributed by atoms with Crippen molar-refractivity contribution in [1.29, 1.82) is 0 Å². The molecule has 3 heterocycles. The van der Waals surface area contributed by atoms with E-state index in [-0.39, 0.29) is 12.5 Å². The van der Waals surface area contributed by atoms with Crippen LogP contribution in [0.2, 0.25) is 0 Å². The summed E-state index contributed by atoms with van der Waals surface area (Å²) < 4.78 is 0. The molecule has 3 aliphatic heterocycles. The summed E-state index contributed by atoms with van der Waals surface area (Å²) in [5.41, 5.74) is 7.21. The average Bonchev–Trinajstić information content (AvgIpc) is 2.67. The monoisotopic (exact) mass is 343 g/mol. The van der Waals surface area contributed by atoms with Gasteiger partial charge in [-0.2, -0.15) is 0 Å². The molecule has 1 amide bonds. The van der Waals surface area contributed by atoms with Crippen LogP contribution in [0.3, 0.4) is 0 Å². The Labute approximate surface area is 149 Å². The highest BCUT2D eigenvalue weighted by molar-refractivity contribution is 5.81. The number of hydrogen-bond donors (Lipinski definition) is 2. The van der Waals surface area contributed by atoms with Gasteiger partial charge in [0.1, 0.15) is 6.04 Å². The van der Waals surface area contributed by atoms with E-state index < -0.39 is 6.04 Å². The Hall–Kier alpha value is -1.43. The first-order valence-electron chi connectivity index (χ1n) is 9.63. The molecule has 1 aromatic rings. The quantitative estimate of drug-likeness (QED) is 0.870. The lowest BCUT2D eigenvalue weighted by molar-refractivity contribution is -0.141. The maximum absolute atomic E-state index is 12.4. The lowest BCUT2D eigenvalue weighted by atomic mass is 9.74. The van der Waals surface area contributed by atoms with E-state index in [1.807, 2.05) is 4.90 Å². The maximum atomic E-state index is 12.4. The summed E-state index contributed by atoms with van der Waals surface area (Å²) in [6, 6.07) is 11.2. The van der Waals surface area contributed by atoms with Crippen LogP contribution in [-0.4, -0.2) is 59.1 Å². The number of carbonyl (C=O) groups is 1. The van der Waals surface area contributed by atoms with Crippen LogP contribution in [0.15, 0.2) is 30.3 Å². The summed E-state index contributed by atoms with van der Waals surface area (Å²) in [7, 11) is 0. The summed E-state index contributed by atoms with van der Waals surface area (Å²) in [5.74, 6) is 0.976. The van der Waals surface area contributed by atoms with Crippen molar-refractivity contribution in [3.8, 4) is 0 Å². The number of hydrogen-bond acceptors (Lipinski definition) is 4. The molecule has 5 atom stereocenters. The standard InChI is InChI=1S/C20H29N3O2/c21-17(13-24)20(25)22-10-14-9-16(12-22)19-8-4-7-18(23(19)11-14)15-5-2-1-3-6-15/h1-3,5-6,14,16-19,24H,4,7-13,21H2/t14-,16+,17-,18+,19-/m0/s1. The molecule has 0 radical (unpaired) electrons. The van der Waals surface area contributed by atoms with Gasteiger partial charge in [-0.1, -0.05) is 30.3 Å². The highest BCUT2D eigenvalue weighted by Crippen LogP contribution is 2.44. The number of nitrogens with two attached hydrogens (primary N) is 1. The van der Waals surface area contributed by atoms with E-state index in [0.29, 0.717) is 23.9 Å². The van der Waals surface area contributed by atoms with Gasteiger partial charge >= 0.3 is 0 Å². The number of carbonyl (C=O) groups excluding carboxylic acids is 1. The number of aliphatic hydroxyl groups excluding tert-OH is 1. The average molecular weight is 343 g/mol. The molecular formula is C20H29N3O2. The van der Waals surface area contributed by atoms with Crippen LogP contribution in [0.5, 0.6) is 0 Å². The molecule has 25 heavy (non-hydrogen) atoms. The van der Waals surface area contributed by atoms with Gasteiger partial charge in [-0.15, -0.1) is 0 Å². The topological polar surface area (TPSA) is 69.8 Å². The van der Waals surface area contributed by atoms with Gasteiger partial charge in [0.05, 0.1) is 6.61 Å². The third kappa shape index (κ3) is 3.21. The Morgan fingerprint density at radius 2 is 2.00 bits per heavy atom. The summed E-state index contributed by atoms with van der Waals surface area (Å²) in [5, 5.41) is 9.21. The predicted octanol–water partition coefficient (Wildman–Crippen LogP) is 1.38.